The second-order valence-corrected chi connectivity index (χ2v) is 5.83. The van der Waals surface area contributed by atoms with Crippen LogP contribution in [0.5, 0.6) is 0 Å². The van der Waals surface area contributed by atoms with E-state index in [9.17, 15) is 8.42 Å². The number of hydrogen-bond donors (Lipinski definition) is 1. The van der Waals surface area contributed by atoms with Crippen LogP contribution in [-0.4, -0.2) is 20.7 Å². The minimum atomic E-state index is -2.96. The van der Waals surface area contributed by atoms with E-state index in [1.165, 1.54) is 25.7 Å². The summed E-state index contributed by atoms with van der Waals surface area (Å²) in [6.45, 7) is 2.29. The molecule has 0 heterocycles. The van der Waals surface area contributed by atoms with Crippen LogP contribution in [0.25, 0.3) is 0 Å². The van der Waals surface area contributed by atoms with Gasteiger partial charge in [-0.05, 0) is 19.3 Å². The van der Waals surface area contributed by atoms with Gasteiger partial charge in [0.1, 0.15) is 0 Å². The third kappa shape index (κ3) is 4.09. The molecule has 0 amide bonds. The zero-order chi connectivity index (χ0) is 9.73. The molecule has 0 saturated heterocycles. The Morgan fingerprint density at radius 3 is 2.46 bits per heavy atom. The molecule has 1 saturated carbocycles. The van der Waals surface area contributed by atoms with Crippen molar-refractivity contribution in [1.29, 1.82) is 0 Å². The third-order valence-electron chi connectivity index (χ3n) is 2.73. The van der Waals surface area contributed by atoms with Gasteiger partial charge in [-0.3, -0.25) is 0 Å². The molecule has 0 atom stereocenters. The van der Waals surface area contributed by atoms with Crippen LogP contribution in [0.3, 0.4) is 0 Å². The first-order valence-electron chi connectivity index (χ1n) is 5.11. The normalized spacial score (nSPS) is 19.5. The summed E-state index contributed by atoms with van der Waals surface area (Å²) in [5.74, 6) is 0.956. The summed E-state index contributed by atoms with van der Waals surface area (Å²) in [6.07, 6.45) is 6.23. The van der Waals surface area contributed by atoms with Gasteiger partial charge in [-0.2, -0.15) is 0 Å². The van der Waals surface area contributed by atoms with Crippen LogP contribution in [0.2, 0.25) is 0 Å². The van der Waals surface area contributed by atoms with Crippen molar-refractivity contribution >= 4 is 10.0 Å². The smallest absolute Gasteiger partial charge is 0.211 e. The highest BCUT2D eigenvalue weighted by Gasteiger charge is 2.15. The molecule has 0 aliphatic heterocycles. The molecule has 3 nitrogen and oxygen atoms in total. The molecular formula is C9H19NO2S. The Balaban J connectivity index is 2.13. The number of sulfonamides is 1. The van der Waals surface area contributed by atoms with E-state index >= 15 is 0 Å². The first-order chi connectivity index (χ1) is 6.14. The average Bonchev–Trinajstić information content (AvgIpc) is 2.57. The molecule has 0 radical (unpaired) electrons. The second kappa shape index (κ2) is 4.96. The van der Waals surface area contributed by atoms with Gasteiger partial charge in [0, 0.05) is 6.54 Å². The minimum absolute atomic E-state index is 0.192. The summed E-state index contributed by atoms with van der Waals surface area (Å²) >= 11 is 0. The standard InChI is InChI=1S/C9H19NO2S/c1-2-13(11,12)10-8-7-9-5-3-4-6-9/h9-10H,2-8H2,1H3. The fraction of sp³-hybridized carbons (Fsp3) is 1.00. The van der Waals surface area contributed by atoms with Crippen molar-refractivity contribution in [2.45, 2.75) is 39.0 Å². The van der Waals surface area contributed by atoms with Crippen molar-refractivity contribution in [3.05, 3.63) is 0 Å². The first kappa shape index (κ1) is 11.0. The summed E-state index contributed by atoms with van der Waals surface area (Å²) < 4.78 is 24.7. The van der Waals surface area contributed by atoms with Crippen molar-refractivity contribution in [2.75, 3.05) is 12.3 Å². The summed E-state index contributed by atoms with van der Waals surface area (Å²) in [5.41, 5.74) is 0. The monoisotopic (exact) mass is 205 g/mol. The van der Waals surface area contributed by atoms with E-state index in [1.54, 1.807) is 6.92 Å². The molecule has 0 unspecified atom stereocenters. The predicted octanol–water partition coefficient (Wildman–Crippen LogP) is 1.51. The molecule has 1 N–H and O–H groups in total. The summed E-state index contributed by atoms with van der Waals surface area (Å²) in [5, 5.41) is 0. The lowest BCUT2D eigenvalue weighted by Gasteiger charge is -2.08. The Bertz CT molecular complexity index is 230. The Hall–Kier alpha value is -0.0900. The predicted molar refractivity (Wildman–Crippen MR) is 54.0 cm³/mol. The number of nitrogens with one attached hydrogen (secondary N) is 1. The highest BCUT2D eigenvalue weighted by Crippen LogP contribution is 2.26. The lowest BCUT2D eigenvalue weighted by atomic mass is 10.1. The van der Waals surface area contributed by atoms with Crippen LogP contribution in [0.4, 0.5) is 0 Å². The summed E-state index contributed by atoms with van der Waals surface area (Å²) in [6, 6.07) is 0. The summed E-state index contributed by atoms with van der Waals surface area (Å²) in [4.78, 5) is 0. The van der Waals surface area contributed by atoms with E-state index in [1.807, 2.05) is 0 Å². The fourth-order valence-corrected chi connectivity index (χ4v) is 2.45. The fourth-order valence-electron chi connectivity index (χ4n) is 1.82. The average molecular weight is 205 g/mol. The Labute approximate surface area is 81.0 Å². The lowest BCUT2D eigenvalue weighted by Crippen LogP contribution is -2.27. The molecule has 0 spiro atoms. The van der Waals surface area contributed by atoms with Crippen LogP contribution in [-0.2, 0) is 10.0 Å². The van der Waals surface area contributed by atoms with E-state index in [2.05, 4.69) is 4.72 Å². The highest BCUT2D eigenvalue weighted by atomic mass is 32.2. The topological polar surface area (TPSA) is 46.2 Å². The molecule has 1 rings (SSSR count). The van der Waals surface area contributed by atoms with Crippen LogP contribution in [0.15, 0.2) is 0 Å². The maximum atomic E-state index is 11.1. The first-order valence-corrected chi connectivity index (χ1v) is 6.76. The van der Waals surface area contributed by atoms with Crippen molar-refractivity contribution in [3.8, 4) is 0 Å². The number of hydrogen-bond acceptors (Lipinski definition) is 2. The molecule has 1 aliphatic carbocycles. The van der Waals surface area contributed by atoms with Crippen LogP contribution < -0.4 is 4.72 Å². The molecule has 13 heavy (non-hydrogen) atoms. The van der Waals surface area contributed by atoms with Gasteiger partial charge >= 0.3 is 0 Å². The van der Waals surface area contributed by atoms with E-state index in [4.69, 9.17) is 0 Å². The highest BCUT2D eigenvalue weighted by molar-refractivity contribution is 7.89. The van der Waals surface area contributed by atoms with Crippen LogP contribution >= 0.6 is 0 Å². The van der Waals surface area contributed by atoms with E-state index < -0.39 is 10.0 Å². The molecule has 1 fully saturated rings. The maximum absolute atomic E-state index is 11.1. The van der Waals surface area contributed by atoms with Gasteiger partial charge in [0.15, 0.2) is 0 Å². The van der Waals surface area contributed by atoms with Gasteiger partial charge in [-0.1, -0.05) is 25.7 Å². The van der Waals surface area contributed by atoms with Gasteiger partial charge in [-0.25, -0.2) is 13.1 Å². The number of rotatable bonds is 5. The Kier molecular flexibility index (Phi) is 4.19. The van der Waals surface area contributed by atoms with Crippen molar-refractivity contribution in [1.82, 2.24) is 4.72 Å². The SMILES string of the molecule is CCS(=O)(=O)NCCC1CCCC1. The second-order valence-electron chi connectivity index (χ2n) is 3.74. The molecular weight excluding hydrogens is 186 g/mol. The van der Waals surface area contributed by atoms with Crippen molar-refractivity contribution in [3.63, 3.8) is 0 Å². The van der Waals surface area contributed by atoms with Crippen LogP contribution in [0.1, 0.15) is 39.0 Å². The maximum Gasteiger partial charge on any atom is 0.211 e. The van der Waals surface area contributed by atoms with Crippen molar-refractivity contribution in [2.24, 2.45) is 5.92 Å². The molecule has 78 valence electrons. The minimum Gasteiger partial charge on any atom is -0.215 e. The molecule has 0 bridgehead atoms. The van der Waals surface area contributed by atoms with E-state index in [-0.39, 0.29) is 5.75 Å². The molecule has 4 heteroatoms. The van der Waals surface area contributed by atoms with E-state index in [0.717, 1.165) is 12.3 Å². The van der Waals surface area contributed by atoms with Crippen molar-refractivity contribution < 1.29 is 8.42 Å². The largest absolute Gasteiger partial charge is 0.215 e. The van der Waals surface area contributed by atoms with Gasteiger partial charge in [0.2, 0.25) is 10.0 Å². The lowest BCUT2D eigenvalue weighted by molar-refractivity contribution is 0.496. The van der Waals surface area contributed by atoms with Gasteiger partial charge in [0.25, 0.3) is 0 Å². The van der Waals surface area contributed by atoms with Gasteiger partial charge in [0.05, 0.1) is 5.75 Å². The Morgan fingerprint density at radius 2 is 1.92 bits per heavy atom. The Morgan fingerprint density at radius 1 is 1.31 bits per heavy atom. The molecule has 0 aromatic rings. The quantitative estimate of drug-likeness (QED) is 0.739. The van der Waals surface area contributed by atoms with E-state index in [0.29, 0.717) is 6.54 Å². The zero-order valence-corrected chi connectivity index (χ0v) is 9.07. The molecule has 0 aromatic heterocycles. The molecule has 1 aliphatic rings. The summed E-state index contributed by atoms with van der Waals surface area (Å²) in [7, 11) is -2.96. The molecule has 0 aromatic carbocycles. The zero-order valence-electron chi connectivity index (χ0n) is 8.25. The third-order valence-corrected chi connectivity index (χ3v) is 4.13. The van der Waals surface area contributed by atoms with Gasteiger partial charge in [-0.15, -0.1) is 0 Å². The van der Waals surface area contributed by atoms with Gasteiger partial charge < -0.3 is 0 Å². The van der Waals surface area contributed by atoms with Crippen LogP contribution in [0, 0.1) is 5.92 Å².